The molecule has 21 heavy (non-hydrogen) atoms. The van der Waals surface area contributed by atoms with Gasteiger partial charge < -0.3 is 5.11 Å². The SMILES string of the molecule is O=C(O)C1CCN(C(c2ccsc2)c2ccc(Cl)s2)CC1. The summed E-state index contributed by atoms with van der Waals surface area (Å²) in [6, 6.07) is 6.36. The molecule has 2 aromatic rings. The van der Waals surface area contributed by atoms with E-state index in [0.717, 1.165) is 30.3 Å². The molecular weight excluding hydrogens is 326 g/mol. The number of likely N-dealkylation sites (tertiary alicyclic amines) is 1. The number of piperidine rings is 1. The Morgan fingerprint density at radius 2 is 2.10 bits per heavy atom. The number of hydrogen-bond donors (Lipinski definition) is 1. The molecule has 0 radical (unpaired) electrons. The molecule has 1 unspecified atom stereocenters. The summed E-state index contributed by atoms with van der Waals surface area (Å²) in [6.45, 7) is 1.62. The summed E-state index contributed by atoms with van der Waals surface area (Å²) in [7, 11) is 0. The second kappa shape index (κ2) is 6.48. The molecule has 1 N–H and O–H groups in total. The van der Waals surface area contributed by atoms with Crippen LogP contribution in [0.1, 0.15) is 29.3 Å². The van der Waals surface area contributed by atoms with E-state index in [0.29, 0.717) is 0 Å². The van der Waals surface area contributed by atoms with Crippen LogP contribution in [0.3, 0.4) is 0 Å². The van der Waals surface area contributed by atoms with E-state index < -0.39 is 5.97 Å². The average Bonchev–Trinajstić information content (AvgIpc) is 3.12. The Labute approximate surface area is 136 Å². The van der Waals surface area contributed by atoms with Crippen molar-refractivity contribution in [1.82, 2.24) is 4.90 Å². The maximum absolute atomic E-state index is 11.1. The van der Waals surface area contributed by atoms with Crippen molar-refractivity contribution in [3.8, 4) is 0 Å². The van der Waals surface area contributed by atoms with Crippen molar-refractivity contribution in [1.29, 1.82) is 0 Å². The minimum atomic E-state index is -0.666. The first kappa shape index (κ1) is 15.0. The number of carbonyl (C=O) groups is 1. The smallest absolute Gasteiger partial charge is 0.306 e. The van der Waals surface area contributed by atoms with Crippen molar-refractivity contribution in [2.45, 2.75) is 18.9 Å². The van der Waals surface area contributed by atoms with Crippen LogP contribution < -0.4 is 0 Å². The van der Waals surface area contributed by atoms with Crippen molar-refractivity contribution >= 4 is 40.2 Å². The summed E-state index contributed by atoms with van der Waals surface area (Å²) < 4.78 is 0.797. The summed E-state index contributed by atoms with van der Waals surface area (Å²) in [5, 5.41) is 13.4. The zero-order chi connectivity index (χ0) is 14.8. The van der Waals surface area contributed by atoms with Gasteiger partial charge in [-0.25, -0.2) is 0 Å². The molecule has 1 atom stereocenters. The van der Waals surface area contributed by atoms with E-state index in [9.17, 15) is 4.79 Å². The fourth-order valence-electron chi connectivity index (χ4n) is 2.87. The number of carboxylic acids is 1. The van der Waals surface area contributed by atoms with Crippen LogP contribution in [0.25, 0.3) is 0 Å². The van der Waals surface area contributed by atoms with Crippen LogP contribution in [0, 0.1) is 5.92 Å². The minimum Gasteiger partial charge on any atom is -0.481 e. The second-order valence-electron chi connectivity index (χ2n) is 5.25. The van der Waals surface area contributed by atoms with Gasteiger partial charge in [-0.15, -0.1) is 11.3 Å². The minimum absolute atomic E-state index is 0.198. The fraction of sp³-hybridized carbons (Fsp3) is 0.400. The molecule has 3 heterocycles. The van der Waals surface area contributed by atoms with E-state index in [1.807, 2.05) is 6.07 Å². The molecule has 0 saturated carbocycles. The average molecular weight is 342 g/mol. The van der Waals surface area contributed by atoms with Crippen LogP contribution in [0.5, 0.6) is 0 Å². The quantitative estimate of drug-likeness (QED) is 0.898. The Morgan fingerprint density at radius 3 is 2.62 bits per heavy atom. The summed E-state index contributed by atoms with van der Waals surface area (Å²) in [6.07, 6.45) is 1.43. The van der Waals surface area contributed by atoms with Gasteiger partial charge in [0.25, 0.3) is 0 Å². The summed E-state index contributed by atoms with van der Waals surface area (Å²) in [5.41, 5.74) is 1.27. The fourth-order valence-corrected chi connectivity index (χ4v) is 4.77. The van der Waals surface area contributed by atoms with Crippen LogP contribution in [0.15, 0.2) is 29.0 Å². The predicted octanol–water partition coefficient (Wildman–Crippen LogP) is 4.35. The number of nitrogens with zero attached hydrogens (tertiary/aromatic N) is 1. The van der Waals surface area contributed by atoms with Crippen molar-refractivity contribution in [2.24, 2.45) is 5.92 Å². The lowest BCUT2D eigenvalue weighted by Gasteiger charge is -2.36. The van der Waals surface area contributed by atoms with E-state index in [-0.39, 0.29) is 12.0 Å². The maximum Gasteiger partial charge on any atom is 0.306 e. The van der Waals surface area contributed by atoms with Crippen molar-refractivity contribution in [3.63, 3.8) is 0 Å². The molecule has 1 aliphatic heterocycles. The van der Waals surface area contributed by atoms with Crippen molar-refractivity contribution in [3.05, 3.63) is 43.7 Å². The molecule has 3 nitrogen and oxygen atoms in total. The summed E-state index contributed by atoms with van der Waals surface area (Å²) >= 11 is 9.39. The number of rotatable bonds is 4. The summed E-state index contributed by atoms with van der Waals surface area (Å²) in [5.74, 6) is -0.864. The van der Waals surface area contributed by atoms with Crippen LogP contribution >= 0.6 is 34.3 Å². The van der Waals surface area contributed by atoms with Crippen LogP contribution in [-0.4, -0.2) is 29.1 Å². The van der Waals surface area contributed by atoms with Gasteiger partial charge in [-0.05, 0) is 60.5 Å². The Bertz CT molecular complexity index is 603. The maximum atomic E-state index is 11.1. The molecule has 1 aliphatic rings. The molecule has 0 aliphatic carbocycles. The van der Waals surface area contributed by atoms with Crippen molar-refractivity contribution in [2.75, 3.05) is 13.1 Å². The highest BCUT2D eigenvalue weighted by molar-refractivity contribution is 7.16. The molecule has 2 aromatic heterocycles. The molecule has 1 fully saturated rings. The van der Waals surface area contributed by atoms with Gasteiger partial charge >= 0.3 is 5.97 Å². The highest BCUT2D eigenvalue weighted by atomic mass is 35.5. The summed E-state index contributed by atoms with van der Waals surface area (Å²) in [4.78, 5) is 14.7. The highest BCUT2D eigenvalue weighted by Gasteiger charge is 2.30. The van der Waals surface area contributed by atoms with Gasteiger partial charge in [0.1, 0.15) is 0 Å². The van der Waals surface area contributed by atoms with Crippen LogP contribution in [0.2, 0.25) is 4.34 Å². The Kier molecular flexibility index (Phi) is 4.64. The Morgan fingerprint density at radius 1 is 1.33 bits per heavy atom. The third kappa shape index (κ3) is 3.31. The number of hydrogen-bond acceptors (Lipinski definition) is 4. The zero-order valence-electron chi connectivity index (χ0n) is 11.4. The largest absolute Gasteiger partial charge is 0.481 e. The molecule has 0 aromatic carbocycles. The lowest BCUT2D eigenvalue weighted by molar-refractivity contribution is -0.143. The molecule has 0 spiro atoms. The Hall–Kier alpha value is -0.880. The molecule has 0 bridgehead atoms. The van der Waals surface area contributed by atoms with Crippen LogP contribution in [-0.2, 0) is 4.79 Å². The monoisotopic (exact) mass is 341 g/mol. The number of aliphatic carboxylic acids is 1. The van der Waals surface area contributed by atoms with E-state index in [1.165, 1.54) is 10.4 Å². The topological polar surface area (TPSA) is 40.5 Å². The first-order chi connectivity index (χ1) is 10.1. The third-order valence-electron chi connectivity index (χ3n) is 3.97. The lowest BCUT2D eigenvalue weighted by atomic mass is 9.94. The first-order valence-electron chi connectivity index (χ1n) is 6.89. The van der Waals surface area contributed by atoms with Gasteiger partial charge in [0.05, 0.1) is 16.3 Å². The van der Waals surface area contributed by atoms with Gasteiger partial charge in [0.15, 0.2) is 0 Å². The van der Waals surface area contributed by atoms with Gasteiger partial charge in [-0.2, -0.15) is 11.3 Å². The normalized spacial score (nSPS) is 18.7. The molecule has 6 heteroatoms. The van der Waals surface area contributed by atoms with Crippen LogP contribution in [0.4, 0.5) is 0 Å². The molecule has 1 saturated heterocycles. The predicted molar refractivity (Wildman–Crippen MR) is 87.4 cm³/mol. The van der Waals surface area contributed by atoms with E-state index in [1.54, 1.807) is 22.7 Å². The van der Waals surface area contributed by atoms with Gasteiger partial charge in [0.2, 0.25) is 0 Å². The second-order valence-corrected chi connectivity index (χ2v) is 7.78. The number of carboxylic acid groups (broad SMARTS) is 1. The number of thiophene rings is 2. The number of halogens is 1. The van der Waals surface area contributed by atoms with E-state index in [2.05, 4.69) is 27.8 Å². The van der Waals surface area contributed by atoms with Gasteiger partial charge in [0, 0.05) is 4.88 Å². The standard InChI is InChI=1S/C15H16ClNO2S2/c16-13-2-1-12(21-13)14(11-5-8-20-9-11)17-6-3-10(4-7-17)15(18)19/h1-2,5,8-10,14H,3-4,6-7H2,(H,18,19). The van der Waals surface area contributed by atoms with Crippen molar-refractivity contribution < 1.29 is 9.90 Å². The zero-order valence-corrected chi connectivity index (χ0v) is 13.8. The Balaban J connectivity index is 1.82. The van der Waals surface area contributed by atoms with E-state index in [4.69, 9.17) is 16.7 Å². The highest BCUT2D eigenvalue weighted by Crippen LogP contribution is 2.38. The molecular formula is C15H16ClNO2S2. The lowest BCUT2D eigenvalue weighted by Crippen LogP contribution is -2.38. The molecule has 0 amide bonds. The molecule has 112 valence electrons. The van der Waals surface area contributed by atoms with Gasteiger partial charge in [-0.1, -0.05) is 11.6 Å². The van der Waals surface area contributed by atoms with Gasteiger partial charge in [-0.3, -0.25) is 9.69 Å². The molecule has 3 rings (SSSR count). The third-order valence-corrected chi connectivity index (χ3v) is 5.95. The van der Waals surface area contributed by atoms with E-state index >= 15 is 0 Å². The first-order valence-corrected chi connectivity index (χ1v) is 9.03.